The molecule has 0 spiro atoms. The number of ether oxygens (including phenoxy) is 1. The van der Waals surface area contributed by atoms with Crippen molar-refractivity contribution in [2.45, 2.75) is 32.0 Å². The van der Waals surface area contributed by atoms with Crippen molar-refractivity contribution in [2.75, 3.05) is 26.2 Å². The van der Waals surface area contributed by atoms with Crippen LogP contribution in [0.2, 0.25) is 0 Å². The molecule has 1 saturated heterocycles. The summed E-state index contributed by atoms with van der Waals surface area (Å²) in [6.07, 6.45) is 1.73. The van der Waals surface area contributed by atoms with E-state index in [1.165, 1.54) is 0 Å². The summed E-state index contributed by atoms with van der Waals surface area (Å²) >= 11 is 0. The van der Waals surface area contributed by atoms with Gasteiger partial charge >= 0.3 is 0 Å². The van der Waals surface area contributed by atoms with Crippen molar-refractivity contribution in [3.63, 3.8) is 0 Å². The van der Waals surface area contributed by atoms with Crippen molar-refractivity contribution < 1.29 is 19.7 Å². The number of nitrogens with zero attached hydrogens (tertiary/aromatic N) is 1. The van der Waals surface area contributed by atoms with Crippen LogP contribution in [0.4, 0.5) is 0 Å². The molecule has 6 nitrogen and oxygen atoms in total. The Morgan fingerprint density at radius 1 is 1.06 bits per heavy atom. The normalized spacial score (nSPS) is 16.1. The van der Waals surface area contributed by atoms with E-state index in [1.807, 2.05) is 42.5 Å². The fourth-order valence-electron chi connectivity index (χ4n) is 4.62. The first-order valence-corrected chi connectivity index (χ1v) is 11.6. The van der Waals surface area contributed by atoms with Crippen LogP contribution in [-0.2, 0) is 11.4 Å². The molecule has 1 amide bonds. The Labute approximate surface area is 194 Å². The highest BCUT2D eigenvalue weighted by atomic mass is 16.5. The van der Waals surface area contributed by atoms with E-state index < -0.39 is 6.10 Å². The number of hydrogen-bond donors (Lipinski definition) is 3. The predicted octanol–water partition coefficient (Wildman–Crippen LogP) is 3.33. The van der Waals surface area contributed by atoms with Gasteiger partial charge in [0.1, 0.15) is 18.5 Å². The van der Waals surface area contributed by atoms with Crippen LogP contribution in [0.5, 0.6) is 5.75 Å². The molecular formula is C27H32N2O4. The van der Waals surface area contributed by atoms with Crippen LogP contribution in [0.3, 0.4) is 0 Å². The standard InChI is InChI=1S/C27H32N2O4/c28-27(32)13-19-9-11-29(12-10-19)16-24(31)18-33-25-8-7-20-5-6-21(14-23(20)15-25)26-4-2-1-3-22(26)17-30/h1-8,14-15,19,24,30-31H,9-13,16-18H2,(H2,28,32). The van der Waals surface area contributed by atoms with E-state index in [0.717, 1.165) is 53.4 Å². The molecule has 0 saturated carbocycles. The van der Waals surface area contributed by atoms with Gasteiger partial charge in [-0.25, -0.2) is 0 Å². The molecule has 4 rings (SSSR count). The van der Waals surface area contributed by atoms with Crippen LogP contribution < -0.4 is 10.5 Å². The summed E-state index contributed by atoms with van der Waals surface area (Å²) in [6, 6.07) is 20.0. The van der Waals surface area contributed by atoms with Crippen LogP contribution in [0.25, 0.3) is 21.9 Å². The topological polar surface area (TPSA) is 96.0 Å². The minimum atomic E-state index is -0.587. The first-order valence-electron chi connectivity index (χ1n) is 11.6. The third-order valence-electron chi connectivity index (χ3n) is 6.42. The molecule has 1 heterocycles. The molecule has 33 heavy (non-hydrogen) atoms. The maximum atomic E-state index is 11.1. The molecule has 3 aromatic carbocycles. The van der Waals surface area contributed by atoms with E-state index in [1.54, 1.807) is 0 Å². The number of amides is 1. The Morgan fingerprint density at radius 3 is 2.58 bits per heavy atom. The van der Waals surface area contributed by atoms with E-state index in [-0.39, 0.29) is 19.1 Å². The number of carbonyl (C=O) groups is 1. The van der Waals surface area contributed by atoms with Gasteiger partial charge in [-0.2, -0.15) is 0 Å². The molecule has 3 aromatic rings. The Kier molecular flexibility index (Phi) is 7.60. The average molecular weight is 449 g/mol. The second-order valence-corrected chi connectivity index (χ2v) is 8.92. The molecule has 1 aliphatic rings. The second kappa shape index (κ2) is 10.8. The number of primary amides is 1. The summed E-state index contributed by atoms with van der Waals surface area (Å²) in [5.74, 6) is 0.843. The number of aliphatic hydroxyl groups excluding tert-OH is 2. The maximum Gasteiger partial charge on any atom is 0.217 e. The highest BCUT2D eigenvalue weighted by molar-refractivity contribution is 5.88. The van der Waals surface area contributed by atoms with Crippen molar-refractivity contribution in [1.29, 1.82) is 0 Å². The molecule has 1 fully saturated rings. The molecule has 4 N–H and O–H groups in total. The predicted molar refractivity (Wildman–Crippen MR) is 130 cm³/mol. The summed E-state index contributed by atoms with van der Waals surface area (Å²) in [5, 5.41) is 22.3. The third-order valence-corrected chi connectivity index (χ3v) is 6.42. The zero-order chi connectivity index (χ0) is 23.2. The summed E-state index contributed by atoms with van der Waals surface area (Å²) < 4.78 is 5.90. The lowest BCUT2D eigenvalue weighted by Gasteiger charge is -2.32. The Hall–Kier alpha value is -2.93. The number of rotatable bonds is 9. The van der Waals surface area contributed by atoms with Gasteiger partial charge in [0.05, 0.1) is 6.61 Å². The molecule has 6 heteroatoms. The van der Waals surface area contributed by atoms with Gasteiger partial charge in [-0.05, 0) is 77.5 Å². The van der Waals surface area contributed by atoms with Gasteiger partial charge in [-0.1, -0.05) is 42.5 Å². The first kappa shape index (κ1) is 23.2. The highest BCUT2D eigenvalue weighted by Crippen LogP contribution is 2.29. The smallest absolute Gasteiger partial charge is 0.217 e. The van der Waals surface area contributed by atoms with Gasteiger partial charge in [0.25, 0.3) is 0 Å². The van der Waals surface area contributed by atoms with Crippen molar-refractivity contribution in [3.05, 3.63) is 66.2 Å². The number of aliphatic hydroxyl groups is 2. The Bertz CT molecular complexity index is 1090. The number of benzene rings is 3. The Morgan fingerprint density at radius 2 is 1.82 bits per heavy atom. The first-order chi connectivity index (χ1) is 16.0. The molecule has 1 aliphatic heterocycles. The largest absolute Gasteiger partial charge is 0.491 e. The fraction of sp³-hybridized carbons (Fsp3) is 0.370. The van der Waals surface area contributed by atoms with Crippen LogP contribution in [0.1, 0.15) is 24.8 Å². The fourth-order valence-corrected chi connectivity index (χ4v) is 4.62. The van der Waals surface area contributed by atoms with Crippen LogP contribution in [0.15, 0.2) is 60.7 Å². The molecule has 0 radical (unpaired) electrons. The lowest BCUT2D eigenvalue weighted by molar-refractivity contribution is -0.119. The molecule has 0 bridgehead atoms. The molecule has 0 aliphatic carbocycles. The summed E-state index contributed by atoms with van der Waals surface area (Å²) in [7, 11) is 0. The lowest BCUT2D eigenvalue weighted by atomic mass is 9.93. The molecular weight excluding hydrogens is 416 g/mol. The molecule has 0 aromatic heterocycles. The number of β-amino-alcohol motifs (C(OH)–C–C–N with tert-alkyl or cyclic N) is 1. The van der Waals surface area contributed by atoms with E-state index in [2.05, 4.69) is 23.1 Å². The lowest BCUT2D eigenvalue weighted by Crippen LogP contribution is -2.41. The quantitative estimate of drug-likeness (QED) is 0.467. The molecule has 1 unspecified atom stereocenters. The number of carbonyl (C=O) groups excluding carboxylic acids is 1. The van der Waals surface area contributed by atoms with Crippen molar-refractivity contribution >= 4 is 16.7 Å². The van der Waals surface area contributed by atoms with Gasteiger partial charge in [0.2, 0.25) is 5.91 Å². The average Bonchev–Trinajstić information content (AvgIpc) is 2.83. The van der Waals surface area contributed by atoms with Crippen molar-refractivity contribution in [2.24, 2.45) is 11.7 Å². The number of hydrogen-bond acceptors (Lipinski definition) is 5. The van der Waals surface area contributed by atoms with Crippen LogP contribution in [0, 0.1) is 5.92 Å². The van der Waals surface area contributed by atoms with Gasteiger partial charge in [-0.15, -0.1) is 0 Å². The Balaban J connectivity index is 1.35. The summed E-state index contributed by atoms with van der Waals surface area (Å²) in [5.41, 5.74) is 8.26. The van der Waals surface area contributed by atoms with Crippen molar-refractivity contribution in [3.8, 4) is 16.9 Å². The van der Waals surface area contributed by atoms with Crippen LogP contribution >= 0.6 is 0 Å². The number of piperidine rings is 1. The van der Waals surface area contributed by atoms with E-state index in [0.29, 0.717) is 24.6 Å². The second-order valence-electron chi connectivity index (χ2n) is 8.92. The van der Waals surface area contributed by atoms with Gasteiger partial charge in [0.15, 0.2) is 0 Å². The SMILES string of the molecule is NC(=O)CC1CCN(CC(O)COc2ccc3ccc(-c4ccccc4CO)cc3c2)CC1. The minimum Gasteiger partial charge on any atom is -0.491 e. The monoisotopic (exact) mass is 448 g/mol. The van der Waals surface area contributed by atoms with E-state index in [9.17, 15) is 15.0 Å². The van der Waals surface area contributed by atoms with Crippen LogP contribution in [-0.4, -0.2) is 53.4 Å². The maximum absolute atomic E-state index is 11.1. The van der Waals surface area contributed by atoms with Gasteiger partial charge in [0, 0.05) is 13.0 Å². The van der Waals surface area contributed by atoms with Gasteiger partial charge < -0.3 is 25.6 Å². The zero-order valence-electron chi connectivity index (χ0n) is 18.8. The number of likely N-dealkylation sites (tertiary alicyclic amines) is 1. The van der Waals surface area contributed by atoms with Gasteiger partial charge in [-0.3, -0.25) is 4.79 Å². The summed E-state index contributed by atoms with van der Waals surface area (Å²) in [4.78, 5) is 13.3. The molecule has 174 valence electrons. The highest BCUT2D eigenvalue weighted by Gasteiger charge is 2.22. The van der Waals surface area contributed by atoms with Crippen molar-refractivity contribution in [1.82, 2.24) is 4.90 Å². The van der Waals surface area contributed by atoms with E-state index in [4.69, 9.17) is 10.5 Å². The minimum absolute atomic E-state index is 0.00192. The van der Waals surface area contributed by atoms with E-state index >= 15 is 0 Å². The zero-order valence-corrected chi connectivity index (χ0v) is 18.8. The third kappa shape index (κ3) is 6.11. The summed E-state index contributed by atoms with van der Waals surface area (Å²) in [6.45, 7) is 2.50. The number of fused-ring (bicyclic) bond motifs is 1. The number of nitrogens with two attached hydrogens (primary N) is 1. The molecule has 1 atom stereocenters.